The second-order valence-electron chi connectivity index (χ2n) is 5.29. The molecule has 0 bridgehead atoms. The maximum absolute atomic E-state index is 5.03. The third-order valence-corrected chi connectivity index (χ3v) is 3.54. The number of nitrogens with zero attached hydrogens (tertiary/aromatic N) is 1. The molecule has 1 saturated heterocycles. The summed E-state index contributed by atoms with van der Waals surface area (Å²) in [6.07, 6.45) is 2.46. The molecule has 0 aromatic rings. The number of nitrogens with one attached hydrogen (secondary N) is 1. The van der Waals surface area contributed by atoms with Crippen molar-refractivity contribution in [2.24, 2.45) is 5.92 Å². The predicted molar refractivity (Wildman–Crippen MR) is 68.8 cm³/mol. The lowest BCUT2D eigenvalue weighted by atomic mass is 10.1. The van der Waals surface area contributed by atoms with Crippen LogP contribution in [0.15, 0.2) is 0 Å². The van der Waals surface area contributed by atoms with Crippen LogP contribution in [0.2, 0.25) is 0 Å². The molecule has 0 aromatic carbocycles. The summed E-state index contributed by atoms with van der Waals surface area (Å²) in [6, 6.07) is 1.41. The summed E-state index contributed by atoms with van der Waals surface area (Å²) in [4.78, 5) is 2.63. The van der Waals surface area contributed by atoms with E-state index < -0.39 is 0 Å². The van der Waals surface area contributed by atoms with Crippen molar-refractivity contribution in [3.63, 3.8) is 0 Å². The van der Waals surface area contributed by atoms with E-state index in [1.165, 1.54) is 13.0 Å². The van der Waals surface area contributed by atoms with E-state index in [2.05, 4.69) is 31.0 Å². The van der Waals surface area contributed by atoms with E-state index in [0.717, 1.165) is 38.1 Å². The van der Waals surface area contributed by atoms with Crippen molar-refractivity contribution in [3.8, 4) is 0 Å². The summed E-state index contributed by atoms with van der Waals surface area (Å²) >= 11 is 0. The fraction of sp³-hybridized carbons (Fsp3) is 1.00. The molecule has 3 unspecified atom stereocenters. The summed E-state index contributed by atoms with van der Waals surface area (Å²) in [5.74, 6) is 0.867. The van der Waals surface area contributed by atoms with Crippen LogP contribution < -0.4 is 5.32 Å². The molecule has 3 atom stereocenters. The van der Waals surface area contributed by atoms with E-state index in [9.17, 15) is 0 Å². The first kappa shape index (κ1) is 13.9. The second-order valence-corrected chi connectivity index (χ2v) is 5.29. The van der Waals surface area contributed by atoms with Crippen molar-refractivity contribution < 1.29 is 4.74 Å². The first-order valence-electron chi connectivity index (χ1n) is 6.60. The molecule has 3 heteroatoms. The largest absolute Gasteiger partial charge is 0.385 e. The smallest absolute Gasteiger partial charge is 0.0474 e. The summed E-state index contributed by atoms with van der Waals surface area (Å²) in [6.45, 7) is 11.3. The molecular weight excluding hydrogens is 200 g/mol. The molecule has 1 heterocycles. The molecule has 1 aliphatic heterocycles. The minimum absolute atomic E-state index is 0.655. The number of methoxy groups -OCH3 is 1. The normalized spacial score (nSPS) is 28.5. The summed E-state index contributed by atoms with van der Waals surface area (Å²) in [5.41, 5.74) is 0. The van der Waals surface area contributed by atoms with Gasteiger partial charge in [0, 0.05) is 38.9 Å². The number of likely N-dealkylation sites (tertiary alicyclic amines) is 1. The lowest BCUT2D eigenvalue weighted by Gasteiger charge is -2.28. The van der Waals surface area contributed by atoms with Crippen LogP contribution in [-0.4, -0.2) is 50.3 Å². The minimum atomic E-state index is 0.655. The van der Waals surface area contributed by atoms with Gasteiger partial charge in [-0.3, -0.25) is 4.90 Å². The van der Waals surface area contributed by atoms with E-state index in [0.29, 0.717) is 6.04 Å². The van der Waals surface area contributed by atoms with Gasteiger partial charge < -0.3 is 10.1 Å². The highest BCUT2D eigenvalue weighted by Gasteiger charge is 2.29. The molecule has 1 aliphatic rings. The molecule has 1 N–H and O–H groups in total. The van der Waals surface area contributed by atoms with Gasteiger partial charge in [-0.05, 0) is 39.2 Å². The van der Waals surface area contributed by atoms with Gasteiger partial charge in [-0.15, -0.1) is 0 Å². The first-order chi connectivity index (χ1) is 7.65. The van der Waals surface area contributed by atoms with Crippen molar-refractivity contribution in [2.75, 3.05) is 33.4 Å². The van der Waals surface area contributed by atoms with Crippen LogP contribution in [0.1, 0.15) is 33.6 Å². The van der Waals surface area contributed by atoms with Crippen molar-refractivity contribution in [1.82, 2.24) is 10.2 Å². The molecule has 96 valence electrons. The van der Waals surface area contributed by atoms with Gasteiger partial charge in [0.1, 0.15) is 0 Å². The quantitative estimate of drug-likeness (QED) is 0.672. The highest BCUT2D eigenvalue weighted by atomic mass is 16.5. The van der Waals surface area contributed by atoms with E-state index in [4.69, 9.17) is 4.74 Å². The van der Waals surface area contributed by atoms with Crippen molar-refractivity contribution in [3.05, 3.63) is 0 Å². The second kappa shape index (κ2) is 7.25. The summed E-state index contributed by atoms with van der Waals surface area (Å²) < 4.78 is 5.03. The predicted octanol–water partition coefficient (Wildman–Crippen LogP) is 1.73. The van der Waals surface area contributed by atoms with Crippen LogP contribution in [0.5, 0.6) is 0 Å². The van der Waals surface area contributed by atoms with Crippen molar-refractivity contribution >= 4 is 0 Å². The Morgan fingerprint density at radius 3 is 2.75 bits per heavy atom. The van der Waals surface area contributed by atoms with Crippen LogP contribution in [0.3, 0.4) is 0 Å². The zero-order valence-corrected chi connectivity index (χ0v) is 11.3. The molecule has 0 amide bonds. The molecule has 1 fully saturated rings. The molecule has 16 heavy (non-hydrogen) atoms. The van der Waals surface area contributed by atoms with Gasteiger partial charge in [0.15, 0.2) is 0 Å². The Kier molecular flexibility index (Phi) is 6.32. The highest BCUT2D eigenvalue weighted by Crippen LogP contribution is 2.24. The molecule has 3 nitrogen and oxygen atoms in total. The Labute approximate surface area is 101 Å². The van der Waals surface area contributed by atoms with E-state index in [1.54, 1.807) is 7.11 Å². The summed E-state index contributed by atoms with van der Waals surface area (Å²) in [5, 5.41) is 3.51. The Morgan fingerprint density at radius 1 is 1.44 bits per heavy atom. The summed E-state index contributed by atoms with van der Waals surface area (Å²) in [7, 11) is 1.76. The van der Waals surface area contributed by atoms with Gasteiger partial charge in [-0.2, -0.15) is 0 Å². The third-order valence-electron chi connectivity index (χ3n) is 3.54. The van der Waals surface area contributed by atoms with Gasteiger partial charge in [0.25, 0.3) is 0 Å². The number of rotatable bonds is 7. The van der Waals surface area contributed by atoms with Gasteiger partial charge in [0.05, 0.1) is 0 Å². The Bertz CT molecular complexity index is 187. The Morgan fingerprint density at radius 2 is 2.19 bits per heavy atom. The Hall–Kier alpha value is -0.120. The average molecular weight is 228 g/mol. The first-order valence-corrected chi connectivity index (χ1v) is 6.60. The van der Waals surface area contributed by atoms with Crippen LogP contribution in [0.25, 0.3) is 0 Å². The van der Waals surface area contributed by atoms with Gasteiger partial charge >= 0.3 is 0 Å². The third kappa shape index (κ3) is 4.40. The molecule has 0 radical (unpaired) electrons. The Balaban J connectivity index is 2.12. The molecule has 0 aliphatic carbocycles. The number of hydrogen-bond acceptors (Lipinski definition) is 3. The van der Waals surface area contributed by atoms with Gasteiger partial charge in [-0.25, -0.2) is 0 Å². The number of hydrogen-bond donors (Lipinski definition) is 1. The highest BCUT2D eigenvalue weighted by molar-refractivity contribution is 4.84. The van der Waals surface area contributed by atoms with E-state index in [1.807, 2.05) is 0 Å². The van der Waals surface area contributed by atoms with Crippen LogP contribution >= 0.6 is 0 Å². The SMILES string of the molecule is COCCCNCC(C)N1CC(C)CC1C. The van der Waals surface area contributed by atoms with Gasteiger partial charge in [-0.1, -0.05) is 6.92 Å². The fourth-order valence-corrected chi connectivity index (χ4v) is 2.72. The van der Waals surface area contributed by atoms with Gasteiger partial charge in [0.2, 0.25) is 0 Å². The molecule has 0 spiro atoms. The maximum Gasteiger partial charge on any atom is 0.0474 e. The van der Waals surface area contributed by atoms with Crippen LogP contribution in [0.4, 0.5) is 0 Å². The number of ether oxygens (including phenoxy) is 1. The zero-order valence-electron chi connectivity index (χ0n) is 11.3. The van der Waals surface area contributed by atoms with Crippen molar-refractivity contribution in [2.45, 2.75) is 45.7 Å². The topological polar surface area (TPSA) is 24.5 Å². The standard InChI is InChI=1S/C13H28N2O/c1-11-8-12(2)15(10-11)13(3)9-14-6-5-7-16-4/h11-14H,5-10H2,1-4H3. The van der Waals surface area contributed by atoms with Crippen LogP contribution in [0, 0.1) is 5.92 Å². The van der Waals surface area contributed by atoms with E-state index in [-0.39, 0.29) is 0 Å². The fourth-order valence-electron chi connectivity index (χ4n) is 2.72. The average Bonchev–Trinajstić information content (AvgIpc) is 2.57. The molecule has 0 saturated carbocycles. The van der Waals surface area contributed by atoms with Crippen molar-refractivity contribution in [1.29, 1.82) is 0 Å². The van der Waals surface area contributed by atoms with Crippen LogP contribution in [-0.2, 0) is 4.74 Å². The lowest BCUT2D eigenvalue weighted by Crippen LogP contribution is -2.42. The minimum Gasteiger partial charge on any atom is -0.385 e. The maximum atomic E-state index is 5.03. The van der Waals surface area contributed by atoms with E-state index >= 15 is 0 Å². The lowest BCUT2D eigenvalue weighted by molar-refractivity contribution is 0.183. The zero-order chi connectivity index (χ0) is 12.0. The molecule has 0 aromatic heterocycles. The molecular formula is C13H28N2O. The molecule has 1 rings (SSSR count). The monoisotopic (exact) mass is 228 g/mol.